The summed E-state index contributed by atoms with van der Waals surface area (Å²) in [6.07, 6.45) is 0.111. The molecule has 0 bridgehead atoms. The van der Waals surface area contributed by atoms with Gasteiger partial charge >= 0.3 is 0 Å². The predicted molar refractivity (Wildman–Crippen MR) is 95.7 cm³/mol. The highest BCUT2D eigenvalue weighted by molar-refractivity contribution is 7.99. The van der Waals surface area contributed by atoms with E-state index in [0.717, 1.165) is 35.4 Å². The molecule has 0 amide bonds. The molecule has 1 unspecified atom stereocenters. The molecule has 0 spiro atoms. The highest BCUT2D eigenvalue weighted by Crippen LogP contribution is 2.43. The number of halogens is 1. The van der Waals surface area contributed by atoms with Crippen LogP contribution >= 0.6 is 23.4 Å². The molecule has 3 rings (SSSR count). The summed E-state index contributed by atoms with van der Waals surface area (Å²) in [5, 5.41) is 4.34. The topological polar surface area (TPSA) is 30.5 Å². The molecule has 2 aromatic carbocycles. The average Bonchev–Trinajstić information content (AvgIpc) is 2.61. The maximum atomic E-state index is 6.04. The molecule has 122 valence electrons. The molecule has 0 saturated carbocycles. The molecule has 2 atom stereocenters. The number of hydrogen-bond donors (Lipinski definition) is 1. The molecular formula is C18H20ClNO2S. The number of para-hydroxylation sites is 1. The zero-order valence-corrected chi connectivity index (χ0v) is 14.6. The molecule has 1 N–H and O–H groups in total. The fourth-order valence-electron chi connectivity index (χ4n) is 2.64. The molecule has 3 nitrogen and oxygen atoms in total. The lowest BCUT2D eigenvalue weighted by atomic mass is 10.1. The van der Waals surface area contributed by atoms with Crippen molar-refractivity contribution in [1.82, 2.24) is 5.32 Å². The van der Waals surface area contributed by atoms with Gasteiger partial charge in [-0.25, -0.2) is 0 Å². The van der Waals surface area contributed by atoms with Gasteiger partial charge in [0.2, 0.25) is 0 Å². The molecule has 1 aliphatic heterocycles. The monoisotopic (exact) mass is 349 g/mol. The zero-order valence-electron chi connectivity index (χ0n) is 13.0. The number of thioether (sulfide) groups is 1. The summed E-state index contributed by atoms with van der Waals surface area (Å²) < 4.78 is 11.5. The third-order valence-corrected chi connectivity index (χ3v) is 5.49. The minimum absolute atomic E-state index is 0.111. The predicted octanol–water partition coefficient (Wildman–Crippen LogP) is 4.17. The van der Waals surface area contributed by atoms with Crippen LogP contribution in [-0.2, 0) is 4.74 Å². The van der Waals surface area contributed by atoms with Gasteiger partial charge < -0.3 is 14.8 Å². The normalized spacial score (nSPS) is 19.3. The van der Waals surface area contributed by atoms with Gasteiger partial charge in [0.15, 0.2) is 0 Å². The van der Waals surface area contributed by atoms with E-state index in [1.165, 1.54) is 5.56 Å². The van der Waals surface area contributed by atoms with E-state index in [1.807, 2.05) is 30.3 Å². The van der Waals surface area contributed by atoms with E-state index in [2.05, 4.69) is 23.5 Å². The highest BCUT2D eigenvalue weighted by atomic mass is 35.5. The second-order valence-electron chi connectivity index (χ2n) is 5.35. The average molecular weight is 350 g/mol. The fraction of sp³-hybridized carbons (Fsp3) is 0.333. The van der Waals surface area contributed by atoms with E-state index >= 15 is 0 Å². The first-order valence-electron chi connectivity index (χ1n) is 7.65. The van der Waals surface area contributed by atoms with Crippen LogP contribution in [0.3, 0.4) is 0 Å². The van der Waals surface area contributed by atoms with Crippen LogP contribution in [0.1, 0.15) is 10.8 Å². The molecule has 23 heavy (non-hydrogen) atoms. The van der Waals surface area contributed by atoms with Crippen LogP contribution in [0.5, 0.6) is 5.75 Å². The van der Waals surface area contributed by atoms with Crippen molar-refractivity contribution in [1.29, 1.82) is 0 Å². The van der Waals surface area contributed by atoms with Crippen molar-refractivity contribution < 1.29 is 9.47 Å². The third-order valence-electron chi connectivity index (χ3n) is 3.82. The first-order chi connectivity index (χ1) is 11.3. The quantitative estimate of drug-likeness (QED) is 0.821. The van der Waals surface area contributed by atoms with E-state index in [0.29, 0.717) is 0 Å². The summed E-state index contributed by atoms with van der Waals surface area (Å²) in [5.41, 5.74) is 1.21. The number of ether oxygens (including phenoxy) is 2. The van der Waals surface area contributed by atoms with Gasteiger partial charge in [-0.1, -0.05) is 35.9 Å². The van der Waals surface area contributed by atoms with Crippen LogP contribution in [0.15, 0.2) is 53.4 Å². The van der Waals surface area contributed by atoms with E-state index < -0.39 is 0 Å². The second kappa shape index (κ2) is 8.06. The van der Waals surface area contributed by atoms with Crippen molar-refractivity contribution >= 4 is 23.4 Å². The molecule has 5 heteroatoms. The molecule has 1 saturated heterocycles. The molecule has 1 fully saturated rings. The smallest absolute Gasteiger partial charge is 0.132 e. The first kappa shape index (κ1) is 16.7. The second-order valence-corrected chi connectivity index (χ2v) is 6.97. The summed E-state index contributed by atoms with van der Waals surface area (Å²) in [4.78, 5) is 1.11. The maximum Gasteiger partial charge on any atom is 0.132 e. The van der Waals surface area contributed by atoms with Crippen LogP contribution in [0, 0.1) is 0 Å². The summed E-state index contributed by atoms with van der Waals surface area (Å²) >= 11 is 7.81. The lowest BCUT2D eigenvalue weighted by Gasteiger charge is -2.31. The van der Waals surface area contributed by atoms with Gasteiger partial charge in [0.05, 0.1) is 30.0 Å². The highest BCUT2D eigenvalue weighted by Gasteiger charge is 2.27. The van der Waals surface area contributed by atoms with Crippen LogP contribution in [0.2, 0.25) is 5.02 Å². The Hall–Kier alpha value is -1.20. The van der Waals surface area contributed by atoms with Crippen LogP contribution in [-0.4, -0.2) is 32.9 Å². The zero-order chi connectivity index (χ0) is 16.1. The number of hydrogen-bond acceptors (Lipinski definition) is 4. The Balaban J connectivity index is 1.89. The van der Waals surface area contributed by atoms with Crippen molar-refractivity contribution in [3.8, 4) is 5.75 Å². The van der Waals surface area contributed by atoms with Crippen molar-refractivity contribution in [2.45, 2.75) is 16.2 Å². The Kier molecular flexibility index (Phi) is 5.84. The van der Waals surface area contributed by atoms with Gasteiger partial charge in [0.1, 0.15) is 5.75 Å². The van der Waals surface area contributed by atoms with E-state index in [1.54, 1.807) is 18.9 Å². The summed E-state index contributed by atoms with van der Waals surface area (Å²) in [5.74, 6) is 0.889. The van der Waals surface area contributed by atoms with Crippen molar-refractivity contribution in [3.05, 3.63) is 59.1 Å². The van der Waals surface area contributed by atoms with Crippen LogP contribution in [0.25, 0.3) is 0 Å². The fourth-order valence-corrected chi connectivity index (χ4v) is 4.09. The molecule has 2 aromatic rings. The third kappa shape index (κ3) is 4.21. The Morgan fingerprint density at radius 2 is 2.00 bits per heavy atom. The number of rotatable bonds is 5. The van der Waals surface area contributed by atoms with Gasteiger partial charge in [-0.2, -0.15) is 0 Å². The molecule has 0 aromatic heterocycles. The lowest BCUT2D eigenvalue weighted by Crippen LogP contribution is -2.41. The Morgan fingerprint density at radius 3 is 2.70 bits per heavy atom. The summed E-state index contributed by atoms with van der Waals surface area (Å²) in [6.45, 7) is 2.49. The van der Waals surface area contributed by atoms with Gasteiger partial charge in [0, 0.05) is 18.1 Å². The van der Waals surface area contributed by atoms with Crippen molar-refractivity contribution in [2.24, 2.45) is 0 Å². The lowest BCUT2D eigenvalue weighted by molar-refractivity contribution is 0.0273. The Morgan fingerprint density at radius 1 is 1.22 bits per heavy atom. The molecular weight excluding hydrogens is 330 g/mol. The van der Waals surface area contributed by atoms with E-state index in [-0.39, 0.29) is 11.4 Å². The standard InChI is InChI=1S/C18H20ClNO2S/c1-21-15-4-2-3-5-17(15)23-18(16-12-20-10-11-22-16)13-6-8-14(19)9-7-13/h2-9,16,18,20H,10-12H2,1H3/t16-,18?/m1/s1. The first-order valence-corrected chi connectivity index (χ1v) is 8.91. The number of benzene rings is 2. The van der Waals surface area contributed by atoms with Gasteiger partial charge in [0.25, 0.3) is 0 Å². The molecule has 1 aliphatic rings. The molecule has 0 aliphatic carbocycles. The van der Waals surface area contributed by atoms with Crippen LogP contribution < -0.4 is 10.1 Å². The van der Waals surface area contributed by atoms with Gasteiger partial charge in [-0.15, -0.1) is 11.8 Å². The number of morpholine rings is 1. The van der Waals surface area contributed by atoms with E-state index in [4.69, 9.17) is 21.1 Å². The summed E-state index contributed by atoms with van der Waals surface area (Å²) in [6, 6.07) is 16.1. The Labute approximate surface area is 146 Å². The molecule has 1 heterocycles. The molecule has 0 radical (unpaired) electrons. The SMILES string of the molecule is COc1ccccc1SC(c1ccc(Cl)cc1)[C@H]1CNCCO1. The minimum atomic E-state index is 0.111. The van der Waals surface area contributed by atoms with E-state index in [9.17, 15) is 0 Å². The number of nitrogens with one attached hydrogen (secondary N) is 1. The van der Waals surface area contributed by atoms with Gasteiger partial charge in [-0.05, 0) is 29.8 Å². The van der Waals surface area contributed by atoms with Crippen molar-refractivity contribution in [3.63, 3.8) is 0 Å². The Bertz CT molecular complexity index is 629. The maximum absolute atomic E-state index is 6.04. The largest absolute Gasteiger partial charge is 0.496 e. The number of methoxy groups -OCH3 is 1. The van der Waals surface area contributed by atoms with Gasteiger partial charge in [-0.3, -0.25) is 0 Å². The van der Waals surface area contributed by atoms with Crippen LogP contribution in [0.4, 0.5) is 0 Å². The summed E-state index contributed by atoms with van der Waals surface area (Å²) in [7, 11) is 1.70. The minimum Gasteiger partial charge on any atom is -0.496 e. The van der Waals surface area contributed by atoms with Crippen molar-refractivity contribution in [2.75, 3.05) is 26.8 Å².